The summed E-state index contributed by atoms with van der Waals surface area (Å²) in [5, 5.41) is -0.0142. The normalized spacial score (nSPS) is 17.3. The van der Waals surface area contributed by atoms with Crippen LogP contribution in [0.15, 0.2) is 34.7 Å². The highest BCUT2D eigenvalue weighted by Crippen LogP contribution is 2.39. The predicted octanol–water partition coefficient (Wildman–Crippen LogP) is 4.64. The molecule has 0 saturated carbocycles. The summed E-state index contributed by atoms with van der Waals surface area (Å²) in [5.41, 5.74) is 0.863. The number of hydrogen-bond acceptors (Lipinski definition) is 5. The first-order valence-electron chi connectivity index (χ1n) is 8.60. The van der Waals surface area contributed by atoms with Gasteiger partial charge in [-0.3, -0.25) is 4.79 Å². The quantitative estimate of drug-likeness (QED) is 0.572. The van der Waals surface area contributed by atoms with E-state index in [1.54, 1.807) is 35.7 Å². The molecule has 0 bridgehead atoms. The summed E-state index contributed by atoms with van der Waals surface area (Å²) >= 11 is 9.19. The number of hydrogen-bond donors (Lipinski definition) is 0. The summed E-state index contributed by atoms with van der Waals surface area (Å²) < 4.78 is 19.2. The highest BCUT2D eigenvalue weighted by molar-refractivity contribution is 8.00. The molecule has 2 aromatic rings. The van der Waals surface area contributed by atoms with Crippen LogP contribution in [0.25, 0.3) is 0 Å². The van der Waals surface area contributed by atoms with Crippen molar-refractivity contribution in [2.24, 2.45) is 0 Å². The van der Waals surface area contributed by atoms with E-state index in [-0.39, 0.29) is 16.3 Å². The van der Waals surface area contributed by atoms with Crippen molar-refractivity contribution in [2.75, 3.05) is 32.1 Å². The van der Waals surface area contributed by atoms with Crippen molar-refractivity contribution in [1.82, 2.24) is 9.80 Å². The maximum atomic E-state index is 13.4. The monoisotopic (exact) mass is 428 g/mol. The maximum absolute atomic E-state index is 13.4. The van der Waals surface area contributed by atoms with Crippen LogP contribution in [-0.4, -0.2) is 47.9 Å². The van der Waals surface area contributed by atoms with Crippen molar-refractivity contribution in [2.45, 2.75) is 17.7 Å². The van der Waals surface area contributed by atoms with E-state index < -0.39 is 5.82 Å². The molecule has 1 fully saturated rings. The summed E-state index contributed by atoms with van der Waals surface area (Å²) in [6.45, 7) is 1.42. The summed E-state index contributed by atoms with van der Waals surface area (Å²) in [4.78, 5) is 16.2. The van der Waals surface area contributed by atoms with E-state index in [1.807, 2.05) is 31.1 Å². The topological polar surface area (TPSA) is 36.7 Å². The van der Waals surface area contributed by atoms with E-state index in [0.717, 1.165) is 35.1 Å². The molecule has 146 valence electrons. The van der Waals surface area contributed by atoms with E-state index in [0.29, 0.717) is 12.3 Å². The predicted molar refractivity (Wildman–Crippen MR) is 111 cm³/mol. The van der Waals surface area contributed by atoms with Crippen molar-refractivity contribution < 1.29 is 13.6 Å². The Hall–Kier alpha value is -1.15. The molecule has 1 aliphatic heterocycles. The van der Waals surface area contributed by atoms with Crippen LogP contribution in [-0.2, 0) is 17.1 Å². The van der Waals surface area contributed by atoms with Crippen molar-refractivity contribution in [3.8, 4) is 0 Å². The number of carbonyl (C=O) groups excluding carboxylic acids is 1. The van der Waals surface area contributed by atoms with Gasteiger partial charge in [-0.15, -0.1) is 11.8 Å². The fourth-order valence-electron chi connectivity index (χ4n) is 2.87. The zero-order valence-electron chi connectivity index (χ0n) is 15.3. The molecule has 0 aliphatic carbocycles. The van der Waals surface area contributed by atoms with Crippen LogP contribution >= 0.6 is 35.1 Å². The molecule has 0 radical (unpaired) electrons. The summed E-state index contributed by atoms with van der Waals surface area (Å²) in [5.74, 6) is 3.59. The first-order valence-corrected chi connectivity index (χ1v) is 11.2. The van der Waals surface area contributed by atoms with Crippen LogP contribution in [0, 0.1) is 5.82 Å². The summed E-state index contributed by atoms with van der Waals surface area (Å²) in [6, 6.07) is 8.68. The van der Waals surface area contributed by atoms with Gasteiger partial charge in [-0.1, -0.05) is 17.7 Å². The molecule has 1 aromatic heterocycles. The smallest absolute Gasteiger partial charge is 0.233 e. The maximum Gasteiger partial charge on any atom is 0.233 e. The number of amides is 1. The zero-order valence-corrected chi connectivity index (χ0v) is 17.7. The van der Waals surface area contributed by atoms with Gasteiger partial charge in [0.05, 0.1) is 23.1 Å². The van der Waals surface area contributed by atoms with Crippen molar-refractivity contribution in [3.63, 3.8) is 0 Å². The van der Waals surface area contributed by atoms with E-state index in [2.05, 4.69) is 4.90 Å². The summed E-state index contributed by atoms with van der Waals surface area (Å²) in [7, 11) is 4.01. The molecule has 0 N–H and O–H groups in total. The van der Waals surface area contributed by atoms with Gasteiger partial charge in [0.2, 0.25) is 5.91 Å². The summed E-state index contributed by atoms with van der Waals surface area (Å²) in [6.07, 6.45) is 0. The van der Waals surface area contributed by atoms with Crippen LogP contribution in [0.1, 0.15) is 22.5 Å². The minimum atomic E-state index is -0.441. The molecule has 0 spiro atoms. The van der Waals surface area contributed by atoms with Gasteiger partial charge in [0, 0.05) is 12.3 Å². The highest BCUT2D eigenvalue weighted by atomic mass is 35.5. The van der Waals surface area contributed by atoms with Crippen molar-refractivity contribution in [3.05, 3.63) is 58.3 Å². The van der Waals surface area contributed by atoms with Gasteiger partial charge in [0.15, 0.2) is 0 Å². The minimum absolute atomic E-state index is 0.0909. The Morgan fingerprint density at radius 2 is 2.11 bits per heavy atom. The third-order valence-electron chi connectivity index (χ3n) is 4.11. The minimum Gasteiger partial charge on any atom is -0.464 e. The molecule has 1 saturated heterocycles. The van der Waals surface area contributed by atoms with Crippen molar-refractivity contribution in [1.29, 1.82) is 0 Å². The molecular formula is C19H22ClFN2O2S2. The zero-order chi connectivity index (χ0) is 19.4. The number of furan rings is 1. The molecule has 27 heavy (non-hydrogen) atoms. The second kappa shape index (κ2) is 9.37. The number of benzene rings is 1. The van der Waals surface area contributed by atoms with E-state index in [9.17, 15) is 9.18 Å². The SMILES string of the molecule is CN(C)Cc1ccc(CSCCN2C(=O)CSC2c2ccc(F)c(Cl)c2)o1. The lowest BCUT2D eigenvalue weighted by Gasteiger charge is -2.24. The largest absolute Gasteiger partial charge is 0.464 e. The first-order chi connectivity index (χ1) is 12.9. The molecule has 1 aromatic carbocycles. The molecule has 1 unspecified atom stereocenters. The molecule has 3 rings (SSSR count). The van der Waals surface area contributed by atoms with Gasteiger partial charge in [-0.25, -0.2) is 4.39 Å². The second-order valence-electron chi connectivity index (χ2n) is 6.58. The molecular weight excluding hydrogens is 407 g/mol. The average Bonchev–Trinajstić information content (AvgIpc) is 3.20. The third-order valence-corrected chi connectivity index (χ3v) is 6.61. The molecule has 2 heterocycles. The fraction of sp³-hybridized carbons (Fsp3) is 0.421. The van der Waals surface area contributed by atoms with Crippen LogP contribution in [0.3, 0.4) is 0 Å². The highest BCUT2D eigenvalue weighted by Gasteiger charge is 2.32. The molecule has 1 amide bonds. The Morgan fingerprint density at radius 3 is 2.85 bits per heavy atom. The molecule has 1 aliphatic rings. The number of thioether (sulfide) groups is 2. The lowest BCUT2D eigenvalue weighted by Crippen LogP contribution is -2.30. The number of rotatable bonds is 8. The Morgan fingerprint density at radius 1 is 1.33 bits per heavy atom. The van der Waals surface area contributed by atoms with E-state index in [4.69, 9.17) is 16.0 Å². The number of carbonyl (C=O) groups is 1. The van der Waals surface area contributed by atoms with Crippen molar-refractivity contribution >= 4 is 41.0 Å². The van der Waals surface area contributed by atoms with Gasteiger partial charge in [0.25, 0.3) is 0 Å². The molecule has 1 atom stereocenters. The van der Waals surface area contributed by atoms with Gasteiger partial charge in [-0.2, -0.15) is 11.8 Å². The van der Waals surface area contributed by atoms with Gasteiger partial charge in [0.1, 0.15) is 22.7 Å². The van der Waals surface area contributed by atoms with Crippen LogP contribution < -0.4 is 0 Å². The lowest BCUT2D eigenvalue weighted by molar-refractivity contribution is -0.127. The van der Waals surface area contributed by atoms with Crippen LogP contribution in [0.2, 0.25) is 5.02 Å². The molecule has 4 nitrogen and oxygen atoms in total. The first kappa shape index (κ1) is 20.6. The standard InChI is InChI=1S/C19H22ClFN2O2S2/c1-22(2)10-14-4-5-15(25-14)11-26-8-7-23-18(24)12-27-19(23)13-3-6-17(21)16(20)9-13/h3-6,9,19H,7-8,10-12H2,1-2H3. The Bertz CT molecular complexity index is 800. The Labute approximate surface area is 172 Å². The Kier molecular flexibility index (Phi) is 7.14. The third kappa shape index (κ3) is 5.44. The van der Waals surface area contributed by atoms with Gasteiger partial charge < -0.3 is 14.2 Å². The number of halogens is 2. The fourth-order valence-corrected chi connectivity index (χ4v) is 5.09. The average molecular weight is 429 g/mol. The Balaban J connectivity index is 1.52. The van der Waals surface area contributed by atoms with Gasteiger partial charge >= 0.3 is 0 Å². The van der Waals surface area contributed by atoms with E-state index in [1.165, 1.54) is 6.07 Å². The molecule has 8 heteroatoms. The number of nitrogens with zero attached hydrogens (tertiary/aromatic N) is 2. The van der Waals surface area contributed by atoms with E-state index >= 15 is 0 Å². The van der Waals surface area contributed by atoms with Gasteiger partial charge in [-0.05, 0) is 43.9 Å². The van der Waals surface area contributed by atoms with Crippen LogP contribution in [0.5, 0.6) is 0 Å². The van der Waals surface area contributed by atoms with Crippen LogP contribution in [0.4, 0.5) is 4.39 Å². The second-order valence-corrected chi connectivity index (χ2v) is 9.16. The lowest BCUT2D eigenvalue weighted by atomic mass is 10.2.